The third-order valence-corrected chi connectivity index (χ3v) is 6.56. The molecule has 0 N–H and O–H groups in total. The number of halogens is 2. The van der Waals surface area contributed by atoms with E-state index in [0.717, 1.165) is 36.9 Å². The van der Waals surface area contributed by atoms with Gasteiger partial charge < -0.3 is 4.42 Å². The summed E-state index contributed by atoms with van der Waals surface area (Å²) in [5, 5.41) is 17.3. The van der Waals surface area contributed by atoms with E-state index in [1.165, 1.54) is 18.2 Å². The maximum atomic E-state index is 14.4. The summed E-state index contributed by atoms with van der Waals surface area (Å²) >= 11 is 0. The predicted octanol–water partition coefficient (Wildman–Crippen LogP) is 5.52. The van der Waals surface area contributed by atoms with E-state index >= 15 is 0 Å². The van der Waals surface area contributed by atoms with Gasteiger partial charge in [0.15, 0.2) is 0 Å². The molecule has 5 nitrogen and oxygen atoms in total. The lowest BCUT2D eigenvalue weighted by Crippen LogP contribution is -2.34. The van der Waals surface area contributed by atoms with Gasteiger partial charge in [0.05, 0.1) is 22.4 Å². The Balaban J connectivity index is 1.64. The van der Waals surface area contributed by atoms with Crippen LogP contribution in [0.4, 0.5) is 8.78 Å². The molecule has 5 rings (SSSR count). The van der Waals surface area contributed by atoms with E-state index in [1.807, 2.05) is 6.92 Å². The average Bonchev–Trinajstić information content (AvgIpc) is 3.44. The molecule has 0 amide bonds. The molecule has 2 aliphatic carbocycles. The first kappa shape index (κ1) is 19.3. The van der Waals surface area contributed by atoms with Crippen molar-refractivity contribution in [3.05, 3.63) is 58.9 Å². The molecule has 0 unspecified atom stereocenters. The summed E-state index contributed by atoms with van der Waals surface area (Å²) in [6, 6.07) is 5.62. The molecule has 0 aliphatic heterocycles. The Morgan fingerprint density at radius 1 is 1.03 bits per heavy atom. The van der Waals surface area contributed by atoms with Gasteiger partial charge in [0, 0.05) is 5.92 Å². The number of rotatable bonds is 4. The first-order chi connectivity index (χ1) is 14.4. The molecule has 2 heterocycles. The highest BCUT2D eigenvalue weighted by Gasteiger charge is 2.45. The zero-order valence-corrected chi connectivity index (χ0v) is 17.3. The summed E-state index contributed by atoms with van der Waals surface area (Å²) in [6.45, 7) is 6.35. The Kier molecular flexibility index (Phi) is 4.45. The fraction of sp³-hybridized carbons (Fsp3) is 0.478. The number of hydrogen-bond donors (Lipinski definition) is 0. The Hall–Kier alpha value is -2.70. The van der Waals surface area contributed by atoms with Crippen LogP contribution < -0.4 is 0 Å². The van der Waals surface area contributed by atoms with Crippen molar-refractivity contribution in [3.63, 3.8) is 0 Å². The van der Waals surface area contributed by atoms with Gasteiger partial charge in [-0.25, -0.2) is 8.78 Å². The Labute approximate surface area is 173 Å². The van der Waals surface area contributed by atoms with Gasteiger partial charge >= 0.3 is 0 Å². The second-order valence-electron chi connectivity index (χ2n) is 9.07. The summed E-state index contributed by atoms with van der Waals surface area (Å²) in [7, 11) is 0. The highest BCUT2D eigenvalue weighted by Crippen LogP contribution is 2.49. The molecule has 1 aromatic carbocycles. The van der Waals surface area contributed by atoms with Crippen LogP contribution in [0.25, 0.3) is 11.3 Å². The second-order valence-corrected chi connectivity index (χ2v) is 9.07. The lowest BCUT2D eigenvalue weighted by atomic mass is 9.67. The molecule has 156 valence electrons. The predicted molar refractivity (Wildman–Crippen MR) is 107 cm³/mol. The van der Waals surface area contributed by atoms with Crippen LogP contribution in [-0.4, -0.2) is 20.4 Å². The number of nitrogens with zero attached hydrogens (tertiary/aromatic N) is 4. The quantitative estimate of drug-likeness (QED) is 0.566. The van der Waals surface area contributed by atoms with Gasteiger partial charge in [0.1, 0.15) is 11.6 Å². The van der Waals surface area contributed by atoms with Gasteiger partial charge in [-0.15, -0.1) is 15.3 Å². The molecule has 0 bridgehead atoms. The third-order valence-electron chi connectivity index (χ3n) is 6.56. The van der Waals surface area contributed by atoms with Gasteiger partial charge in [-0.3, -0.25) is 0 Å². The number of aromatic nitrogens is 4. The van der Waals surface area contributed by atoms with Crippen molar-refractivity contribution >= 4 is 0 Å². The van der Waals surface area contributed by atoms with Crippen LogP contribution in [0.2, 0.25) is 0 Å². The molecule has 0 spiro atoms. The van der Waals surface area contributed by atoms with Gasteiger partial charge in [-0.1, -0.05) is 19.9 Å². The van der Waals surface area contributed by atoms with E-state index in [9.17, 15) is 8.78 Å². The highest BCUT2D eigenvalue weighted by molar-refractivity contribution is 5.62. The van der Waals surface area contributed by atoms with Crippen molar-refractivity contribution in [1.82, 2.24) is 20.4 Å². The molecule has 30 heavy (non-hydrogen) atoms. The van der Waals surface area contributed by atoms with Crippen LogP contribution in [0.5, 0.6) is 0 Å². The molecule has 3 aromatic rings. The van der Waals surface area contributed by atoms with Crippen LogP contribution in [-0.2, 0) is 5.41 Å². The fourth-order valence-corrected chi connectivity index (χ4v) is 4.55. The average molecular weight is 410 g/mol. The zero-order valence-electron chi connectivity index (χ0n) is 17.3. The summed E-state index contributed by atoms with van der Waals surface area (Å²) in [5.41, 5.74) is 1.22. The molecule has 0 radical (unpaired) electrons. The van der Waals surface area contributed by atoms with E-state index in [2.05, 4.69) is 34.2 Å². The molecule has 7 heteroatoms. The van der Waals surface area contributed by atoms with Crippen molar-refractivity contribution in [3.8, 4) is 11.3 Å². The van der Waals surface area contributed by atoms with Crippen molar-refractivity contribution in [2.75, 3.05) is 0 Å². The van der Waals surface area contributed by atoms with Crippen LogP contribution >= 0.6 is 0 Å². The number of hydrogen-bond acceptors (Lipinski definition) is 5. The van der Waals surface area contributed by atoms with E-state index < -0.39 is 17.0 Å². The fourth-order valence-electron chi connectivity index (χ4n) is 4.55. The van der Waals surface area contributed by atoms with E-state index in [4.69, 9.17) is 4.42 Å². The lowest BCUT2D eigenvalue weighted by Gasteiger charge is -2.37. The molecule has 2 aliphatic rings. The number of fused-ring (bicyclic) bond motifs is 1. The topological polar surface area (TPSA) is 64.7 Å². The minimum Gasteiger partial charge on any atom is -0.424 e. The van der Waals surface area contributed by atoms with Crippen molar-refractivity contribution < 1.29 is 13.2 Å². The zero-order chi connectivity index (χ0) is 21.0. The maximum absolute atomic E-state index is 14.4. The number of benzene rings is 1. The molecular weight excluding hydrogens is 386 g/mol. The van der Waals surface area contributed by atoms with Crippen LogP contribution in [0.1, 0.15) is 81.3 Å². The molecule has 1 fully saturated rings. The largest absolute Gasteiger partial charge is 0.424 e. The Morgan fingerprint density at radius 3 is 2.43 bits per heavy atom. The molecular formula is C23H24F2N4O. The second kappa shape index (κ2) is 6.93. The smallest absolute Gasteiger partial charge is 0.228 e. The lowest BCUT2D eigenvalue weighted by molar-refractivity contribution is 0.294. The van der Waals surface area contributed by atoms with Gasteiger partial charge in [-0.05, 0) is 68.2 Å². The Morgan fingerprint density at radius 2 is 1.77 bits per heavy atom. The van der Waals surface area contributed by atoms with Gasteiger partial charge in [0.25, 0.3) is 0 Å². The highest BCUT2D eigenvalue weighted by atomic mass is 19.1. The monoisotopic (exact) mass is 410 g/mol. The summed E-state index contributed by atoms with van der Waals surface area (Å²) < 4.78 is 34.8. The summed E-state index contributed by atoms with van der Waals surface area (Å²) in [5.74, 6) is 0.885. The SMILES string of the molecule is CC(C)[C@H]1CC[C@](C)(c2nnc(C3CC3)o2)c2nnc(-c3c(F)cccc3F)cc21. The molecule has 1 saturated carbocycles. The Bertz CT molecular complexity index is 1090. The minimum atomic E-state index is -0.644. The van der Waals surface area contributed by atoms with Crippen LogP contribution in [0.15, 0.2) is 28.7 Å². The van der Waals surface area contributed by atoms with Gasteiger partial charge in [0.2, 0.25) is 11.8 Å². The standard InChI is InChI=1S/C23H24F2N4O/c1-12(2)14-9-10-23(3,22-29-28-21(30-22)13-7-8-13)20-15(14)11-18(26-27-20)19-16(24)5-4-6-17(19)25/h4-6,11-14H,7-10H2,1-3H3/t14-,23+/m1/s1. The first-order valence-corrected chi connectivity index (χ1v) is 10.5. The summed E-state index contributed by atoms with van der Waals surface area (Å²) in [4.78, 5) is 0. The van der Waals surface area contributed by atoms with E-state index in [-0.39, 0.29) is 17.2 Å². The van der Waals surface area contributed by atoms with Crippen LogP contribution in [0, 0.1) is 17.6 Å². The first-order valence-electron chi connectivity index (χ1n) is 10.5. The van der Waals surface area contributed by atoms with Crippen LogP contribution in [0.3, 0.4) is 0 Å². The van der Waals surface area contributed by atoms with Crippen molar-refractivity contribution in [2.24, 2.45) is 5.92 Å². The van der Waals surface area contributed by atoms with E-state index in [1.54, 1.807) is 6.07 Å². The molecule has 2 atom stereocenters. The van der Waals surface area contributed by atoms with E-state index in [0.29, 0.717) is 23.6 Å². The summed E-state index contributed by atoms with van der Waals surface area (Å²) in [6.07, 6.45) is 3.87. The third kappa shape index (κ3) is 3.02. The minimum absolute atomic E-state index is 0.142. The van der Waals surface area contributed by atoms with Crippen molar-refractivity contribution in [1.29, 1.82) is 0 Å². The normalized spacial score (nSPS) is 23.6. The molecule has 2 aromatic heterocycles. The van der Waals surface area contributed by atoms with Gasteiger partial charge in [-0.2, -0.15) is 5.10 Å². The maximum Gasteiger partial charge on any atom is 0.228 e. The van der Waals surface area contributed by atoms with Crippen molar-refractivity contribution in [2.45, 2.75) is 63.7 Å². The molecule has 0 saturated heterocycles.